The van der Waals surface area contributed by atoms with Gasteiger partial charge >= 0.3 is 23.9 Å². The second kappa shape index (κ2) is 8.60. The summed E-state index contributed by atoms with van der Waals surface area (Å²) in [6, 6.07) is -1.36. The van der Waals surface area contributed by atoms with Crippen LogP contribution in [0.25, 0.3) is 0 Å². The molecule has 136 valence electrons. The normalized spacial score (nSPS) is 31.5. The third kappa shape index (κ3) is 5.78. The van der Waals surface area contributed by atoms with E-state index in [1.165, 1.54) is 0 Å². The highest BCUT2D eigenvalue weighted by molar-refractivity contribution is 5.68. The summed E-state index contributed by atoms with van der Waals surface area (Å²) < 4.78 is 53.2. The zero-order chi connectivity index (χ0) is 21.3. The third-order valence-electron chi connectivity index (χ3n) is 2.88. The van der Waals surface area contributed by atoms with Crippen molar-refractivity contribution in [1.82, 2.24) is 0 Å². The monoisotopic (exact) mass is 351 g/mol. The summed E-state index contributed by atoms with van der Waals surface area (Å²) in [4.78, 5) is 45.9. The zero-order valence-electron chi connectivity index (χ0n) is 16.7. The molecule has 5 atom stereocenters. The molecule has 1 aliphatic heterocycles. The number of esters is 4. The van der Waals surface area contributed by atoms with Gasteiger partial charge in [-0.15, -0.1) is 0 Å². The Morgan fingerprint density at radius 3 is 2.04 bits per heavy atom. The van der Waals surface area contributed by atoms with Gasteiger partial charge in [-0.1, -0.05) is 0 Å². The van der Waals surface area contributed by atoms with E-state index in [9.17, 15) is 19.2 Å². The minimum atomic E-state index is -1.54. The van der Waals surface area contributed by atoms with Crippen molar-refractivity contribution in [2.24, 2.45) is 5.73 Å². The Balaban J connectivity index is 3.14. The first-order chi connectivity index (χ1) is 13.3. The van der Waals surface area contributed by atoms with Gasteiger partial charge in [-0.2, -0.15) is 0 Å². The highest BCUT2D eigenvalue weighted by atomic mass is 16.7. The fraction of sp³-hybridized carbons (Fsp3) is 0.714. The van der Waals surface area contributed by atoms with E-state index >= 15 is 0 Å². The van der Waals surface area contributed by atoms with E-state index < -0.39 is 88.7 Å². The Morgan fingerprint density at radius 2 is 1.46 bits per heavy atom. The molecule has 0 aliphatic carbocycles. The molecule has 0 aromatic rings. The van der Waals surface area contributed by atoms with Crippen molar-refractivity contribution in [1.29, 1.82) is 0 Å². The Kier molecular flexibility index (Phi) is 5.07. The Hall–Kier alpha value is -2.20. The molecule has 0 spiro atoms. The quantitative estimate of drug-likeness (QED) is 0.485. The van der Waals surface area contributed by atoms with Crippen LogP contribution >= 0.6 is 0 Å². The molecule has 0 bridgehead atoms. The van der Waals surface area contributed by atoms with Crippen LogP contribution in [0.4, 0.5) is 0 Å². The summed E-state index contributed by atoms with van der Waals surface area (Å²) in [6.45, 7) is -3.57. The van der Waals surface area contributed by atoms with Crippen LogP contribution in [0.3, 0.4) is 0 Å². The molecule has 2 N–H and O–H groups in total. The topological polar surface area (TPSA) is 140 Å². The molecule has 1 saturated heterocycles. The first kappa shape index (κ1) is 14.2. The van der Waals surface area contributed by atoms with E-state index in [1.54, 1.807) is 0 Å². The molecule has 0 saturated carbocycles. The van der Waals surface area contributed by atoms with Crippen LogP contribution < -0.4 is 5.73 Å². The van der Waals surface area contributed by atoms with Gasteiger partial charge in [0.2, 0.25) is 6.29 Å². The number of carbonyl (C=O) groups is 4. The summed E-state index contributed by atoms with van der Waals surface area (Å²) in [7, 11) is 0. The predicted octanol–water partition coefficient (Wildman–Crippen LogP) is -0.972. The predicted molar refractivity (Wildman–Crippen MR) is 76.1 cm³/mol. The lowest BCUT2D eigenvalue weighted by molar-refractivity contribution is -0.267. The molecular formula is C14H21NO9. The Labute approximate surface area is 144 Å². The van der Waals surface area contributed by atoms with E-state index in [1.807, 2.05) is 0 Å². The van der Waals surface area contributed by atoms with Crippen LogP contribution in [0.15, 0.2) is 0 Å². The maximum atomic E-state index is 11.6. The molecule has 1 fully saturated rings. The van der Waals surface area contributed by atoms with Gasteiger partial charge in [0, 0.05) is 33.1 Å². The molecule has 10 nitrogen and oxygen atoms in total. The lowest BCUT2D eigenvalue weighted by Gasteiger charge is -2.42. The molecule has 1 heterocycles. The third-order valence-corrected chi connectivity index (χ3v) is 2.88. The largest absolute Gasteiger partial charge is 0.463 e. The van der Waals surface area contributed by atoms with Gasteiger partial charge in [0.05, 0.1) is 0 Å². The fourth-order valence-corrected chi connectivity index (χ4v) is 2.06. The van der Waals surface area contributed by atoms with Gasteiger partial charge in [0.1, 0.15) is 18.8 Å². The summed E-state index contributed by atoms with van der Waals surface area (Å²) in [5, 5.41) is 0. The van der Waals surface area contributed by atoms with Gasteiger partial charge in [-0.05, 0) is 0 Å². The van der Waals surface area contributed by atoms with E-state index in [4.69, 9.17) is 34.9 Å². The van der Waals surface area contributed by atoms with Crippen molar-refractivity contribution >= 4 is 23.9 Å². The first-order valence-electron chi connectivity index (χ1n) is 9.42. The molecule has 0 amide bonds. The lowest BCUT2D eigenvalue weighted by atomic mass is 9.97. The average Bonchev–Trinajstić information content (AvgIpc) is 2.70. The number of hydrogen-bond donors (Lipinski definition) is 1. The molecule has 1 rings (SSSR count). The fourth-order valence-electron chi connectivity index (χ4n) is 2.06. The van der Waals surface area contributed by atoms with Crippen molar-refractivity contribution in [2.75, 3.05) is 6.61 Å². The van der Waals surface area contributed by atoms with Crippen LogP contribution in [0.2, 0.25) is 0 Å². The summed E-state index contributed by atoms with van der Waals surface area (Å²) in [5.41, 5.74) is 5.90. The van der Waals surface area contributed by atoms with E-state index in [0.717, 1.165) is 0 Å². The van der Waals surface area contributed by atoms with E-state index in [0.29, 0.717) is 0 Å². The lowest BCUT2D eigenvalue weighted by Crippen LogP contribution is -2.65. The molecule has 0 radical (unpaired) electrons. The highest BCUT2D eigenvalue weighted by Crippen LogP contribution is 2.26. The maximum Gasteiger partial charge on any atom is 0.304 e. The van der Waals surface area contributed by atoms with Crippen molar-refractivity contribution < 1.29 is 48.3 Å². The summed E-state index contributed by atoms with van der Waals surface area (Å²) >= 11 is 0. The second-order valence-electron chi connectivity index (χ2n) is 4.70. The molecule has 0 aromatic heterocycles. The minimum absolute atomic E-state index is 0.565. The van der Waals surface area contributed by atoms with Gasteiger partial charge < -0.3 is 29.4 Å². The highest BCUT2D eigenvalue weighted by Gasteiger charge is 2.50. The molecule has 1 aliphatic rings. The number of rotatable bonds is 5. The molecular weight excluding hydrogens is 326 g/mol. The summed E-state index contributed by atoms with van der Waals surface area (Å²) in [6.07, 6.45) is -5.75. The first-order valence-corrected chi connectivity index (χ1v) is 6.59. The second-order valence-corrected chi connectivity index (χ2v) is 4.70. The van der Waals surface area contributed by atoms with Crippen molar-refractivity contribution in [3.63, 3.8) is 0 Å². The van der Waals surface area contributed by atoms with Crippen LogP contribution in [-0.4, -0.2) is 61.1 Å². The minimum Gasteiger partial charge on any atom is -0.463 e. The zero-order valence-corrected chi connectivity index (χ0v) is 12.7. The van der Waals surface area contributed by atoms with Gasteiger partial charge in [0.25, 0.3) is 0 Å². The van der Waals surface area contributed by atoms with Crippen molar-refractivity contribution in [3.05, 3.63) is 0 Å². The average molecular weight is 351 g/mol. The Bertz CT molecular complexity index is 561. The van der Waals surface area contributed by atoms with Gasteiger partial charge in [-0.25, -0.2) is 0 Å². The van der Waals surface area contributed by atoms with Crippen LogP contribution in [0.1, 0.15) is 33.1 Å². The number of ether oxygens (including phenoxy) is 5. The Morgan fingerprint density at radius 1 is 0.917 bits per heavy atom. The van der Waals surface area contributed by atoms with Gasteiger partial charge in [0.15, 0.2) is 12.2 Å². The van der Waals surface area contributed by atoms with E-state index in [-0.39, 0.29) is 0 Å². The standard InChI is InChI=1S/C14H21NO9/c1-6(16)20-5-10-12(21-7(2)17)13(22-8(3)18)11(15)14(24-10)23-9(4)19/h10-14H,5,15H2,1-4H3/t10-,11-,12-,13-,14?/m1/s1/i1D,2D,3D,4D. The molecule has 1 unspecified atom stereocenters. The summed E-state index contributed by atoms with van der Waals surface area (Å²) in [5.74, 6) is -3.98. The number of hydrogen-bond acceptors (Lipinski definition) is 10. The molecule has 0 aromatic carbocycles. The van der Waals surface area contributed by atoms with Crippen LogP contribution in [0.5, 0.6) is 0 Å². The van der Waals surface area contributed by atoms with Crippen molar-refractivity contribution in [2.45, 2.75) is 58.2 Å². The van der Waals surface area contributed by atoms with E-state index in [2.05, 4.69) is 0 Å². The van der Waals surface area contributed by atoms with Crippen LogP contribution in [-0.2, 0) is 42.9 Å². The maximum absolute atomic E-state index is 11.6. The number of nitrogens with two attached hydrogens (primary N) is 1. The molecule has 10 heteroatoms. The van der Waals surface area contributed by atoms with Crippen LogP contribution in [0, 0.1) is 0 Å². The van der Waals surface area contributed by atoms with Crippen molar-refractivity contribution in [3.8, 4) is 0 Å². The molecule has 24 heavy (non-hydrogen) atoms. The number of carbonyl (C=O) groups excluding carboxylic acids is 4. The SMILES string of the molecule is [2H]CC(=O)OC[C@H]1OC(OC(=O)C[2H])[C@H](N)[C@@H](OC(=O)C[2H])[C@@H]1OC(=O)C[2H]. The smallest absolute Gasteiger partial charge is 0.304 e. The van der Waals surface area contributed by atoms with Gasteiger partial charge in [-0.3, -0.25) is 19.2 Å².